The summed E-state index contributed by atoms with van der Waals surface area (Å²) >= 11 is 0. The first-order valence-electron chi connectivity index (χ1n) is 8.76. The van der Waals surface area contributed by atoms with Gasteiger partial charge in [-0.3, -0.25) is 0 Å². The molecule has 140 valence electrons. The summed E-state index contributed by atoms with van der Waals surface area (Å²) in [7, 11) is 3.33. The molecule has 27 heavy (non-hydrogen) atoms. The molecule has 3 rings (SSSR count). The largest absolute Gasteiger partial charge is 0.497 e. The van der Waals surface area contributed by atoms with Gasteiger partial charge >= 0.3 is 0 Å². The minimum atomic E-state index is 0.582. The molecule has 0 aliphatic heterocycles. The van der Waals surface area contributed by atoms with Crippen LogP contribution in [0.1, 0.15) is 16.8 Å². The van der Waals surface area contributed by atoms with E-state index < -0.39 is 0 Å². The second-order valence-electron chi connectivity index (χ2n) is 6.09. The first-order chi connectivity index (χ1) is 13.2. The third kappa shape index (κ3) is 5.10. The molecular formula is C21H24N4O2. The summed E-state index contributed by atoms with van der Waals surface area (Å²) in [4.78, 5) is 9.02. The molecule has 0 spiro atoms. The Morgan fingerprint density at radius 3 is 2.37 bits per heavy atom. The number of rotatable bonds is 8. The van der Waals surface area contributed by atoms with Gasteiger partial charge in [-0.1, -0.05) is 30.3 Å². The summed E-state index contributed by atoms with van der Waals surface area (Å²) in [5, 5.41) is 6.62. The summed E-state index contributed by atoms with van der Waals surface area (Å²) in [5.41, 5.74) is 3.10. The normalized spacial score (nSPS) is 10.3. The standard InChI is InChI=1S/C21H24N4O2/c1-15-12-20(22-13-16-8-10-18(26-2)11-9-16)25-21(24-15)23-14-17-6-4-5-7-19(17)27-3/h4-12H,13-14H2,1-3H3,(H2,22,23,24,25). The van der Waals surface area contributed by atoms with E-state index in [1.54, 1.807) is 14.2 Å². The number of hydrogen-bond donors (Lipinski definition) is 2. The highest BCUT2D eigenvalue weighted by Gasteiger charge is 2.05. The number of benzene rings is 2. The van der Waals surface area contributed by atoms with Crippen LogP contribution in [0.5, 0.6) is 11.5 Å². The van der Waals surface area contributed by atoms with E-state index in [4.69, 9.17) is 9.47 Å². The first kappa shape index (κ1) is 18.5. The van der Waals surface area contributed by atoms with Gasteiger partial charge in [0.2, 0.25) is 5.95 Å². The van der Waals surface area contributed by atoms with Crippen LogP contribution in [0.15, 0.2) is 54.6 Å². The maximum Gasteiger partial charge on any atom is 0.225 e. The zero-order valence-corrected chi connectivity index (χ0v) is 15.8. The van der Waals surface area contributed by atoms with Crippen molar-refractivity contribution in [1.82, 2.24) is 9.97 Å². The van der Waals surface area contributed by atoms with Gasteiger partial charge in [0, 0.05) is 30.4 Å². The van der Waals surface area contributed by atoms with Gasteiger partial charge in [-0.25, -0.2) is 4.98 Å². The number of methoxy groups -OCH3 is 2. The van der Waals surface area contributed by atoms with Crippen LogP contribution < -0.4 is 20.1 Å². The lowest BCUT2D eigenvalue weighted by atomic mass is 10.2. The maximum absolute atomic E-state index is 5.38. The average molecular weight is 364 g/mol. The molecule has 0 aliphatic rings. The molecule has 0 atom stereocenters. The Balaban J connectivity index is 1.64. The Kier molecular flexibility index (Phi) is 6.10. The fourth-order valence-electron chi connectivity index (χ4n) is 2.70. The highest BCUT2D eigenvalue weighted by atomic mass is 16.5. The third-order valence-electron chi connectivity index (χ3n) is 4.12. The zero-order valence-electron chi connectivity index (χ0n) is 15.8. The Morgan fingerprint density at radius 1 is 0.852 bits per heavy atom. The predicted molar refractivity (Wildman–Crippen MR) is 107 cm³/mol. The Hall–Kier alpha value is -3.28. The monoisotopic (exact) mass is 364 g/mol. The van der Waals surface area contributed by atoms with Crippen LogP contribution in [-0.2, 0) is 13.1 Å². The van der Waals surface area contributed by atoms with E-state index in [-0.39, 0.29) is 0 Å². The molecule has 2 N–H and O–H groups in total. The molecule has 2 aromatic carbocycles. The van der Waals surface area contributed by atoms with E-state index >= 15 is 0 Å². The number of aryl methyl sites for hydroxylation is 1. The summed E-state index contributed by atoms with van der Waals surface area (Å²) in [6.45, 7) is 3.21. The fraction of sp³-hybridized carbons (Fsp3) is 0.238. The topological polar surface area (TPSA) is 68.3 Å². The number of ether oxygens (including phenoxy) is 2. The molecule has 0 fully saturated rings. The number of hydrogen-bond acceptors (Lipinski definition) is 6. The van der Waals surface area contributed by atoms with Gasteiger partial charge in [0.25, 0.3) is 0 Å². The van der Waals surface area contributed by atoms with E-state index in [9.17, 15) is 0 Å². The van der Waals surface area contributed by atoms with Crippen LogP contribution in [-0.4, -0.2) is 24.2 Å². The van der Waals surface area contributed by atoms with E-state index in [2.05, 4.69) is 20.6 Å². The first-order valence-corrected chi connectivity index (χ1v) is 8.76. The number of aromatic nitrogens is 2. The smallest absolute Gasteiger partial charge is 0.225 e. The van der Waals surface area contributed by atoms with Crippen LogP contribution in [0.25, 0.3) is 0 Å². The van der Waals surface area contributed by atoms with Gasteiger partial charge in [-0.05, 0) is 30.7 Å². The number of nitrogens with one attached hydrogen (secondary N) is 2. The van der Waals surface area contributed by atoms with Crippen molar-refractivity contribution in [2.45, 2.75) is 20.0 Å². The Morgan fingerprint density at radius 2 is 1.63 bits per heavy atom. The van der Waals surface area contributed by atoms with E-state index in [1.165, 1.54) is 0 Å². The van der Waals surface area contributed by atoms with E-state index in [0.717, 1.165) is 34.1 Å². The highest BCUT2D eigenvalue weighted by Crippen LogP contribution is 2.19. The van der Waals surface area contributed by atoms with Crippen LogP contribution in [0.4, 0.5) is 11.8 Å². The summed E-state index contributed by atoms with van der Waals surface area (Å²) in [6, 6.07) is 17.8. The van der Waals surface area contributed by atoms with Crippen molar-refractivity contribution in [3.05, 3.63) is 71.4 Å². The second kappa shape index (κ2) is 8.89. The molecule has 0 amide bonds. The lowest BCUT2D eigenvalue weighted by Gasteiger charge is -2.12. The summed E-state index contributed by atoms with van der Waals surface area (Å²) in [5.74, 6) is 3.05. The van der Waals surface area contributed by atoms with Crippen molar-refractivity contribution in [3.8, 4) is 11.5 Å². The minimum Gasteiger partial charge on any atom is -0.497 e. The molecule has 1 heterocycles. The quantitative estimate of drug-likeness (QED) is 0.629. The van der Waals surface area contributed by atoms with Crippen LogP contribution in [0.3, 0.4) is 0 Å². The van der Waals surface area contributed by atoms with Crippen LogP contribution in [0, 0.1) is 6.92 Å². The van der Waals surface area contributed by atoms with Gasteiger partial charge in [0.05, 0.1) is 14.2 Å². The minimum absolute atomic E-state index is 0.582. The van der Waals surface area contributed by atoms with Crippen molar-refractivity contribution in [3.63, 3.8) is 0 Å². The lowest BCUT2D eigenvalue weighted by molar-refractivity contribution is 0.410. The SMILES string of the molecule is COc1ccc(CNc2cc(C)nc(NCc3ccccc3OC)n2)cc1. The van der Waals surface area contributed by atoms with E-state index in [1.807, 2.05) is 61.5 Å². The van der Waals surface area contributed by atoms with Gasteiger partial charge in [0.15, 0.2) is 0 Å². The van der Waals surface area contributed by atoms with Crippen molar-refractivity contribution in [1.29, 1.82) is 0 Å². The molecule has 1 aromatic heterocycles. The summed E-state index contributed by atoms with van der Waals surface area (Å²) in [6.07, 6.45) is 0. The predicted octanol–water partition coefficient (Wildman–Crippen LogP) is 4.03. The number of para-hydroxylation sites is 1. The molecule has 3 aromatic rings. The third-order valence-corrected chi connectivity index (χ3v) is 4.12. The Labute approximate surface area is 159 Å². The van der Waals surface area contributed by atoms with Gasteiger partial charge in [0.1, 0.15) is 17.3 Å². The Bertz CT molecular complexity index is 882. The van der Waals surface area contributed by atoms with Crippen molar-refractivity contribution >= 4 is 11.8 Å². The molecular weight excluding hydrogens is 340 g/mol. The maximum atomic E-state index is 5.38. The molecule has 6 heteroatoms. The second-order valence-corrected chi connectivity index (χ2v) is 6.09. The molecule has 6 nitrogen and oxygen atoms in total. The number of nitrogens with zero attached hydrogens (tertiary/aromatic N) is 2. The van der Waals surface area contributed by atoms with Gasteiger partial charge < -0.3 is 20.1 Å². The highest BCUT2D eigenvalue weighted by molar-refractivity contribution is 5.44. The average Bonchev–Trinajstić information content (AvgIpc) is 2.71. The van der Waals surface area contributed by atoms with Crippen LogP contribution in [0.2, 0.25) is 0 Å². The fourth-order valence-corrected chi connectivity index (χ4v) is 2.70. The van der Waals surface area contributed by atoms with Gasteiger partial charge in [-0.15, -0.1) is 0 Å². The van der Waals surface area contributed by atoms with Crippen molar-refractivity contribution in [2.75, 3.05) is 24.9 Å². The molecule has 0 unspecified atom stereocenters. The van der Waals surface area contributed by atoms with Gasteiger partial charge in [-0.2, -0.15) is 4.98 Å². The molecule has 0 aliphatic carbocycles. The summed E-state index contributed by atoms with van der Waals surface area (Å²) < 4.78 is 10.6. The lowest BCUT2D eigenvalue weighted by Crippen LogP contribution is -2.08. The molecule has 0 radical (unpaired) electrons. The number of anilines is 2. The molecule has 0 saturated heterocycles. The van der Waals surface area contributed by atoms with Crippen molar-refractivity contribution in [2.24, 2.45) is 0 Å². The van der Waals surface area contributed by atoms with Crippen molar-refractivity contribution < 1.29 is 9.47 Å². The van der Waals surface area contributed by atoms with Crippen LogP contribution >= 0.6 is 0 Å². The zero-order chi connectivity index (χ0) is 19.1. The van der Waals surface area contributed by atoms with E-state index in [0.29, 0.717) is 19.0 Å². The molecule has 0 bridgehead atoms. The molecule has 0 saturated carbocycles.